The topological polar surface area (TPSA) is 111 Å². The first-order chi connectivity index (χ1) is 19.3. The van der Waals surface area contributed by atoms with Crippen LogP contribution in [-0.2, 0) is 10.2 Å². The number of imidazole rings is 1. The molecule has 208 valence electrons. The number of thiazole rings is 1. The molecule has 0 spiro atoms. The first-order valence-corrected chi connectivity index (χ1v) is 14.1. The molecular weight excluding hydrogens is 528 g/mol. The number of nitrogens with two attached hydrogens (primary N) is 1. The van der Waals surface area contributed by atoms with Gasteiger partial charge in [0.05, 0.1) is 34.8 Å². The number of aromatic nitrogens is 3. The van der Waals surface area contributed by atoms with E-state index in [9.17, 15) is 4.79 Å². The van der Waals surface area contributed by atoms with Crippen molar-refractivity contribution in [3.8, 4) is 17.0 Å². The van der Waals surface area contributed by atoms with Crippen LogP contribution in [0.2, 0.25) is 0 Å². The highest BCUT2D eigenvalue weighted by Gasteiger charge is 2.25. The number of anilines is 2. The van der Waals surface area contributed by atoms with Crippen molar-refractivity contribution in [2.75, 3.05) is 44.4 Å². The van der Waals surface area contributed by atoms with Gasteiger partial charge in [-0.15, -0.1) is 0 Å². The van der Waals surface area contributed by atoms with Crippen LogP contribution in [0.25, 0.3) is 26.4 Å². The molecule has 0 unspecified atom stereocenters. The van der Waals surface area contributed by atoms with Crippen LogP contribution in [0.15, 0.2) is 59.3 Å². The summed E-state index contributed by atoms with van der Waals surface area (Å²) >= 11 is 1.62. The van der Waals surface area contributed by atoms with Gasteiger partial charge in [-0.25, -0.2) is 14.7 Å². The third-order valence-electron chi connectivity index (χ3n) is 6.95. The lowest BCUT2D eigenvalue weighted by atomic mass is 9.93. The molecule has 4 heterocycles. The molecule has 40 heavy (non-hydrogen) atoms. The molecule has 1 aliphatic heterocycles. The number of urea groups is 1. The predicted octanol–water partition coefficient (Wildman–Crippen LogP) is 5.43. The molecule has 3 aromatic heterocycles. The van der Waals surface area contributed by atoms with Gasteiger partial charge in [0.2, 0.25) is 0 Å². The van der Waals surface area contributed by atoms with Crippen molar-refractivity contribution in [1.82, 2.24) is 19.4 Å². The molecule has 5 aromatic rings. The molecule has 1 saturated heterocycles. The second-order valence-electron chi connectivity index (χ2n) is 10.8. The molecule has 0 atom stereocenters. The summed E-state index contributed by atoms with van der Waals surface area (Å²) in [4.78, 5) is 21.8. The van der Waals surface area contributed by atoms with Crippen LogP contribution < -0.4 is 15.4 Å². The lowest BCUT2D eigenvalue weighted by Gasteiger charge is -2.26. The Morgan fingerprint density at radius 3 is 2.60 bits per heavy atom. The maximum Gasteiger partial charge on any atom is 0.325 e. The highest BCUT2D eigenvalue weighted by Crippen LogP contribution is 2.34. The highest BCUT2D eigenvalue weighted by molar-refractivity contribution is 7.23. The summed E-state index contributed by atoms with van der Waals surface area (Å²) in [5.74, 6) is 1.88. The van der Waals surface area contributed by atoms with E-state index in [1.807, 2.05) is 57.3 Å². The zero-order valence-corrected chi connectivity index (χ0v) is 23.6. The second-order valence-corrected chi connectivity index (χ2v) is 11.8. The van der Waals surface area contributed by atoms with Gasteiger partial charge in [0.15, 0.2) is 10.8 Å². The molecule has 1 aliphatic rings. The number of amides is 2. The van der Waals surface area contributed by atoms with Gasteiger partial charge in [-0.3, -0.25) is 9.30 Å². The van der Waals surface area contributed by atoms with E-state index < -0.39 is 6.03 Å². The number of benzene rings is 2. The number of ether oxygens (including phenoxy) is 2. The van der Waals surface area contributed by atoms with E-state index in [4.69, 9.17) is 24.7 Å². The number of carbonyl (C=O) groups excluding carboxylic acids is 1. The molecule has 0 aliphatic carbocycles. The van der Waals surface area contributed by atoms with Gasteiger partial charge in [-0.2, -0.15) is 0 Å². The summed E-state index contributed by atoms with van der Waals surface area (Å²) in [7, 11) is 0. The van der Waals surface area contributed by atoms with Crippen LogP contribution in [0.1, 0.15) is 26.5 Å². The zero-order chi connectivity index (χ0) is 27.9. The summed E-state index contributed by atoms with van der Waals surface area (Å²) in [6.07, 6.45) is 2.03. The van der Waals surface area contributed by atoms with Crippen molar-refractivity contribution in [2.45, 2.75) is 26.2 Å². The van der Waals surface area contributed by atoms with Gasteiger partial charge < -0.3 is 19.7 Å². The van der Waals surface area contributed by atoms with Crippen LogP contribution in [0.3, 0.4) is 0 Å². The maximum atomic E-state index is 12.3. The molecule has 2 amide bonds. The molecule has 6 rings (SSSR count). The van der Waals surface area contributed by atoms with Crippen LogP contribution in [0.4, 0.5) is 16.3 Å². The van der Waals surface area contributed by atoms with Crippen LogP contribution in [0.5, 0.6) is 5.75 Å². The molecule has 0 saturated carbocycles. The minimum atomic E-state index is -0.639. The number of nitrogens with zero attached hydrogens (tertiary/aromatic N) is 5. The fourth-order valence-electron chi connectivity index (χ4n) is 4.71. The predicted molar refractivity (Wildman–Crippen MR) is 156 cm³/mol. The van der Waals surface area contributed by atoms with Crippen molar-refractivity contribution in [1.29, 1.82) is 0 Å². The molecule has 2 N–H and O–H groups in total. The molecule has 11 heteroatoms. The summed E-state index contributed by atoms with van der Waals surface area (Å²) in [5, 5.41) is 4.08. The normalized spacial score (nSPS) is 14.7. The average molecular weight is 561 g/mol. The minimum Gasteiger partial charge on any atom is -0.492 e. The van der Waals surface area contributed by atoms with Gasteiger partial charge in [0.1, 0.15) is 18.1 Å². The number of primary amides is 1. The summed E-state index contributed by atoms with van der Waals surface area (Å²) in [6.45, 7) is 11.1. The molecule has 10 nitrogen and oxygen atoms in total. The highest BCUT2D eigenvalue weighted by atomic mass is 32.1. The maximum absolute atomic E-state index is 12.3. The summed E-state index contributed by atoms with van der Waals surface area (Å²) in [5.41, 5.74) is 8.91. The van der Waals surface area contributed by atoms with Gasteiger partial charge in [-0.1, -0.05) is 49.4 Å². The molecular formula is C29H32N6O4S. The lowest BCUT2D eigenvalue weighted by molar-refractivity contribution is 0.0322. The molecule has 0 bridgehead atoms. The number of rotatable bonds is 7. The van der Waals surface area contributed by atoms with E-state index in [-0.39, 0.29) is 5.41 Å². The fourth-order valence-corrected chi connectivity index (χ4v) is 5.74. The fraction of sp³-hybridized carbons (Fsp3) is 0.345. The first kappa shape index (κ1) is 26.3. The third-order valence-corrected chi connectivity index (χ3v) is 7.97. The van der Waals surface area contributed by atoms with E-state index >= 15 is 0 Å². The molecule has 1 fully saturated rings. The van der Waals surface area contributed by atoms with Crippen molar-refractivity contribution >= 4 is 44.1 Å². The van der Waals surface area contributed by atoms with Gasteiger partial charge in [0.25, 0.3) is 0 Å². The second kappa shape index (κ2) is 10.6. The molecule has 0 radical (unpaired) electrons. The smallest absolute Gasteiger partial charge is 0.325 e. The van der Waals surface area contributed by atoms with E-state index in [0.29, 0.717) is 23.9 Å². The van der Waals surface area contributed by atoms with E-state index in [2.05, 4.69) is 26.6 Å². The average Bonchev–Trinajstić information content (AvgIpc) is 3.65. The Labute approximate surface area is 235 Å². The van der Waals surface area contributed by atoms with Crippen molar-refractivity contribution in [2.24, 2.45) is 5.73 Å². The van der Waals surface area contributed by atoms with Crippen LogP contribution >= 0.6 is 11.3 Å². The number of carbonyl (C=O) groups is 1. The standard InChI is InChI=1S/C29H32N6O4S/c1-29(2,3)25-17-26(32-39-25)35(27(30)36)20-6-4-19(5-7-20)22-18-34-23-9-8-21(16-24(23)40-28(34)31-22)38-15-12-33-10-13-37-14-11-33/h4-9,16-18H,10-15H2,1-3H3,(H2,30,36). The zero-order valence-electron chi connectivity index (χ0n) is 22.8. The Kier molecular flexibility index (Phi) is 6.95. The Bertz CT molecular complexity index is 1640. The van der Waals surface area contributed by atoms with Crippen LogP contribution in [0, 0.1) is 0 Å². The van der Waals surface area contributed by atoms with Gasteiger partial charge >= 0.3 is 6.03 Å². The largest absolute Gasteiger partial charge is 0.492 e. The number of morpholine rings is 1. The van der Waals surface area contributed by atoms with Crippen molar-refractivity contribution in [3.05, 3.63) is 60.5 Å². The monoisotopic (exact) mass is 560 g/mol. The van der Waals surface area contributed by atoms with Gasteiger partial charge in [0, 0.05) is 42.9 Å². The van der Waals surface area contributed by atoms with E-state index in [1.165, 1.54) is 4.90 Å². The summed E-state index contributed by atoms with van der Waals surface area (Å²) in [6, 6.07) is 14.8. The van der Waals surface area contributed by atoms with Crippen LogP contribution in [-0.4, -0.2) is 64.9 Å². The first-order valence-electron chi connectivity index (χ1n) is 13.3. The summed E-state index contributed by atoms with van der Waals surface area (Å²) < 4.78 is 20.1. The lowest BCUT2D eigenvalue weighted by Crippen LogP contribution is -2.38. The number of hydrogen-bond acceptors (Lipinski definition) is 8. The Balaban J connectivity index is 1.18. The number of fused-ring (bicyclic) bond motifs is 3. The Morgan fingerprint density at radius 2 is 1.90 bits per heavy atom. The minimum absolute atomic E-state index is 0.242. The number of hydrogen-bond donors (Lipinski definition) is 1. The van der Waals surface area contributed by atoms with Crippen molar-refractivity contribution in [3.63, 3.8) is 0 Å². The SMILES string of the molecule is CC(C)(C)c1cc(N(C(N)=O)c2ccc(-c3cn4c(n3)sc3cc(OCCN5CCOCC5)ccc34)cc2)no1. The molecule has 2 aromatic carbocycles. The third kappa shape index (κ3) is 5.27. The Hall–Kier alpha value is -3.93. The van der Waals surface area contributed by atoms with E-state index in [1.54, 1.807) is 17.4 Å². The van der Waals surface area contributed by atoms with Crippen molar-refractivity contribution < 1.29 is 18.8 Å². The van der Waals surface area contributed by atoms with E-state index in [0.717, 1.165) is 65.0 Å². The Morgan fingerprint density at radius 1 is 1.12 bits per heavy atom. The van der Waals surface area contributed by atoms with Gasteiger partial charge in [-0.05, 0) is 30.3 Å². The quantitative estimate of drug-likeness (QED) is 0.283.